The van der Waals surface area contributed by atoms with E-state index >= 15 is 0 Å². The summed E-state index contributed by atoms with van der Waals surface area (Å²) in [5.41, 5.74) is 1.33. The summed E-state index contributed by atoms with van der Waals surface area (Å²) in [5.74, 6) is 1.65. The van der Waals surface area contributed by atoms with Gasteiger partial charge in [0.05, 0.1) is 22.6 Å². The zero-order valence-electron chi connectivity index (χ0n) is 18.3. The average molecular weight is 420 g/mol. The molecule has 162 valence electrons. The maximum absolute atomic E-state index is 12.8. The van der Waals surface area contributed by atoms with Crippen molar-refractivity contribution in [2.45, 2.75) is 63.6 Å². The Morgan fingerprint density at radius 3 is 2.84 bits per heavy atom. The van der Waals surface area contributed by atoms with Crippen LogP contribution in [0.1, 0.15) is 46.5 Å². The van der Waals surface area contributed by atoms with Crippen molar-refractivity contribution < 1.29 is 9.53 Å². The molecule has 2 aromatic heterocycles. The van der Waals surface area contributed by atoms with Crippen LogP contribution in [-0.2, 0) is 4.74 Å². The molecule has 3 heterocycles. The minimum atomic E-state index is -0.488. The van der Waals surface area contributed by atoms with E-state index in [1.54, 1.807) is 0 Å². The van der Waals surface area contributed by atoms with Crippen molar-refractivity contribution in [1.29, 1.82) is 0 Å². The van der Waals surface area contributed by atoms with E-state index in [9.17, 15) is 4.79 Å². The van der Waals surface area contributed by atoms with E-state index in [2.05, 4.69) is 10.3 Å². The lowest BCUT2D eigenvalue weighted by Crippen LogP contribution is -2.49. The molecule has 1 N–H and O–H groups in total. The molecule has 0 bridgehead atoms. The fourth-order valence-corrected chi connectivity index (χ4v) is 5.05. The Morgan fingerprint density at radius 2 is 2.00 bits per heavy atom. The zero-order chi connectivity index (χ0) is 21.6. The molecule has 7 heteroatoms. The van der Waals surface area contributed by atoms with Gasteiger partial charge in [0.15, 0.2) is 0 Å². The summed E-state index contributed by atoms with van der Waals surface area (Å²) in [4.78, 5) is 24.1. The number of nitrogens with one attached hydrogen (secondary N) is 1. The monoisotopic (exact) mass is 419 g/mol. The molecule has 3 aromatic rings. The summed E-state index contributed by atoms with van der Waals surface area (Å²) in [6.45, 7) is 6.45. The second kappa shape index (κ2) is 7.25. The number of nitrogens with zero attached hydrogens (tertiary/aromatic N) is 4. The Morgan fingerprint density at radius 1 is 1.16 bits per heavy atom. The molecule has 7 nitrogen and oxygen atoms in total. The van der Waals surface area contributed by atoms with Gasteiger partial charge in [-0.15, -0.1) is 0 Å². The second-order valence-electron chi connectivity index (χ2n) is 9.60. The Bertz CT molecular complexity index is 1120. The number of hydrogen-bond donors (Lipinski definition) is 1. The van der Waals surface area contributed by atoms with Crippen LogP contribution in [0.25, 0.3) is 16.9 Å². The highest BCUT2D eigenvalue weighted by molar-refractivity contribution is 5.77. The van der Waals surface area contributed by atoms with Crippen molar-refractivity contribution in [3.05, 3.63) is 48.8 Å². The van der Waals surface area contributed by atoms with Gasteiger partial charge in [0.1, 0.15) is 23.6 Å². The number of benzene rings is 1. The van der Waals surface area contributed by atoms with Gasteiger partial charge in [0.2, 0.25) is 0 Å². The third-order valence-electron chi connectivity index (χ3n) is 6.35. The molecule has 1 saturated carbocycles. The number of carbonyl (C=O) groups is 1. The molecule has 0 radical (unpaired) electrons. The molecule has 0 spiro atoms. The van der Waals surface area contributed by atoms with Crippen LogP contribution in [0.15, 0.2) is 48.8 Å². The van der Waals surface area contributed by atoms with E-state index in [0.29, 0.717) is 6.54 Å². The van der Waals surface area contributed by atoms with Crippen LogP contribution < -0.4 is 5.32 Å². The van der Waals surface area contributed by atoms with Crippen LogP contribution in [0.4, 0.5) is 10.6 Å². The fourth-order valence-electron chi connectivity index (χ4n) is 5.05. The van der Waals surface area contributed by atoms with Gasteiger partial charge in [-0.25, -0.2) is 14.8 Å². The van der Waals surface area contributed by atoms with Crippen molar-refractivity contribution in [3.63, 3.8) is 0 Å². The normalized spacial score (nSPS) is 23.2. The summed E-state index contributed by atoms with van der Waals surface area (Å²) < 4.78 is 7.67. The number of pyridine rings is 1. The molecule has 2 atom stereocenters. The van der Waals surface area contributed by atoms with Gasteiger partial charge in [-0.2, -0.15) is 0 Å². The number of para-hydroxylation sites is 2. The van der Waals surface area contributed by atoms with E-state index in [0.717, 1.165) is 48.4 Å². The van der Waals surface area contributed by atoms with Gasteiger partial charge in [-0.1, -0.05) is 18.2 Å². The van der Waals surface area contributed by atoms with Crippen LogP contribution in [-0.4, -0.2) is 49.3 Å². The van der Waals surface area contributed by atoms with E-state index in [1.807, 2.05) is 79.0 Å². The van der Waals surface area contributed by atoms with E-state index in [4.69, 9.17) is 9.72 Å². The Balaban J connectivity index is 1.40. The van der Waals surface area contributed by atoms with Gasteiger partial charge < -0.3 is 15.0 Å². The highest BCUT2D eigenvalue weighted by atomic mass is 16.6. The van der Waals surface area contributed by atoms with Crippen LogP contribution >= 0.6 is 0 Å². The maximum atomic E-state index is 12.8. The Labute approximate surface area is 182 Å². The molecule has 1 aliphatic heterocycles. The predicted molar refractivity (Wildman–Crippen MR) is 120 cm³/mol. The summed E-state index contributed by atoms with van der Waals surface area (Å²) in [6.07, 6.45) is 5.59. The molecule has 1 saturated heterocycles. The molecule has 1 aliphatic carbocycles. The van der Waals surface area contributed by atoms with Crippen molar-refractivity contribution >= 4 is 22.9 Å². The first-order valence-electron chi connectivity index (χ1n) is 11.0. The standard InChI is InChI=1S/C24H29N5O2/c1-23(2,3)31-22(30)28-15-14-24(13-7-10-19(24)28)27-20-11-6-12-21(26-20)29-16-25-17-8-4-5-9-18(17)29/h4-6,8-9,11-12,16,19H,7,10,13-15H2,1-3H3,(H,26,27). The number of likely N-dealkylation sites (tertiary alicyclic amines) is 1. The SMILES string of the molecule is CC(C)(C)OC(=O)N1CCC2(Nc3cccc(-n4cnc5ccccc54)n3)CCCC12. The second-order valence-corrected chi connectivity index (χ2v) is 9.60. The average Bonchev–Trinajstić information content (AvgIpc) is 3.39. The van der Waals surface area contributed by atoms with Crippen LogP contribution in [0, 0.1) is 0 Å². The van der Waals surface area contributed by atoms with Crippen molar-refractivity contribution in [3.8, 4) is 5.82 Å². The van der Waals surface area contributed by atoms with E-state index in [-0.39, 0.29) is 17.7 Å². The quantitative estimate of drug-likeness (QED) is 0.662. The lowest BCUT2D eigenvalue weighted by molar-refractivity contribution is 0.0215. The lowest BCUT2D eigenvalue weighted by Gasteiger charge is -2.34. The van der Waals surface area contributed by atoms with Gasteiger partial charge in [0, 0.05) is 6.54 Å². The number of carbonyl (C=O) groups excluding carboxylic acids is 1. The number of aromatic nitrogens is 3. The molecular weight excluding hydrogens is 390 g/mol. The summed E-state index contributed by atoms with van der Waals surface area (Å²) in [6, 6.07) is 14.2. The number of fused-ring (bicyclic) bond motifs is 2. The molecule has 1 aromatic carbocycles. The largest absolute Gasteiger partial charge is 0.444 e. The Hall–Kier alpha value is -3.09. The van der Waals surface area contributed by atoms with Crippen LogP contribution in [0.3, 0.4) is 0 Å². The molecule has 5 rings (SSSR count). The van der Waals surface area contributed by atoms with Crippen molar-refractivity contribution in [2.24, 2.45) is 0 Å². The number of ether oxygens (including phenoxy) is 1. The highest BCUT2D eigenvalue weighted by Gasteiger charge is 2.53. The first-order valence-corrected chi connectivity index (χ1v) is 11.0. The first-order chi connectivity index (χ1) is 14.8. The minimum Gasteiger partial charge on any atom is -0.444 e. The predicted octanol–water partition coefficient (Wildman–Crippen LogP) is 4.76. The zero-order valence-corrected chi connectivity index (χ0v) is 18.3. The van der Waals surface area contributed by atoms with Gasteiger partial charge in [-0.05, 0) is 70.7 Å². The van der Waals surface area contributed by atoms with Gasteiger partial charge >= 0.3 is 6.09 Å². The fraction of sp³-hybridized carbons (Fsp3) is 0.458. The van der Waals surface area contributed by atoms with Crippen molar-refractivity contribution in [2.75, 3.05) is 11.9 Å². The summed E-state index contributed by atoms with van der Waals surface area (Å²) in [5, 5.41) is 3.72. The Kier molecular flexibility index (Phi) is 4.64. The highest BCUT2D eigenvalue weighted by Crippen LogP contribution is 2.44. The van der Waals surface area contributed by atoms with Gasteiger partial charge in [0.25, 0.3) is 0 Å². The molecule has 2 aliphatic rings. The number of anilines is 1. The molecule has 2 unspecified atom stereocenters. The number of hydrogen-bond acceptors (Lipinski definition) is 5. The topological polar surface area (TPSA) is 72.3 Å². The number of amides is 1. The van der Waals surface area contributed by atoms with E-state index < -0.39 is 5.60 Å². The third kappa shape index (κ3) is 3.62. The molecule has 2 fully saturated rings. The molecule has 31 heavy (non-hydrogen) atoms. The van der Waals surface area contributed by atoms with Crippen LogP contribution in [0.5, 0.6) is 0 Å². The summed E-state index contributed by atoms with van der Waals surface area (Å²) >= 11 is 0. The lowest BCUT2D eigenvalue weighted by atomic mass is 9.93. The first kappa shape index (κ1) is 19.8. The summed E-state index contributed by atoms with van der Waals surface area (Å²) in [7, 11) is 0. The van der Waals surface area contributed by atoms with Crippen molar-refractivity contribution in [1.82, 2.24) is 19.4 Å². The maximum Gasteiger partial charge on any atom is 0.410 e. The minimum absolute atomic E-state index is 0.127. The molecule has 1 amide bonds. The van der Waals surface area contributed by atoms with Crippen LogP contribution in [0.2, 0.25) is 0 Å². The van der Waals surface area contributed by atoms with E-state index in [1.165, 1.54) is 0 Å². The third-order valence-corrected chi connectivity index (χ3v) is 6.35. The van der Waals surface area contributed by atoms with Gasteiger partial charge in [-0.3, -0.25) is 4.57 Å². The molecular formula is C24H29N5O2. The number of rotatable bonds is 3. The number of imidazole rings is 1. The smallest absolute Gasteiger partial charge is 0.410 e.